The normalized spacial score (nSPS) is 10.2. The van der Waals surface area contributed by atoms with Gasteiger partial charge in [-0.05, 0) is 45.2 Å². The largest absolute Gasteiger partial charge is 0.115 e. The zero-order chi connectivity index (χ0) is 17.9. The molecular formula is C26H16. The van der Waals surface area contributed by atoms with Gasteiger partial charge in [0.15, 0.2) is 0 Å². The summed E-state index contributed by atoms with van der Waals surface area (Å²) in [6.07, 6.45) is 11.6. The van der Waals surface area contributed by atoms with E-state index in [-0.39, 0.29) is 0 Å². The topological polar surface area (TPSA) is 0 Å². The van der Waals surface area contributed by atoms with Crippen LogP contribution in [0.15, 0.2) is 84.9 Å². The summed E-state index contributed by atoms with van der Waals surface area (Å²) in [6.45, 7) is 0. The van der Waals surface area contributed by atoms with E-state index in [2.05, 4.69) is 54.3 Å². The van der Waals surface area contributed by atoms with E-state index < -0.39 is 0 Å². The highest BCUT2D eigenvalue weighted by atomic mass is 14.2. The minimum atomic E-state index is 0.843. The Kier molecular flexibility index (Phi) is 4.03. The predicted octanol–water partition coefficient (Wildman–Crippen LogP) is 6.14. The van der Waals surface area contributed by atoms with E-state index in [1.807, 2.05) is 42.5 Å². The minimum absolute atomic E-state index is 0.843. The van der Waals surface area contributed by atoms with Crippen LogP contribution in [-0.4, -0.2) is 0 Å². The molecule has 0 aliphatic rings. The Morgan fingerprint density at radius 3 is 2.08 bits per heavy atom. The van der Waals surface area contributed by atoms with Crippen molar-refractivity contribution >= 4 is 10.8 Å². The summed E-state index contributed by atoms with van der Waals surface area (Å²) in [5.74, 6) is 5.64. The number of fused-ring (bicyclic) bond motifs is 1. The van der Waals surface area contributed by atoms with Gasteiger partial charge in [0.1, 0.15) is 0 Å². The third-order valence-corrected chi connectivity index (χ3v) is 4.63. The summed E-state index contributed by atoms with van der Waals surface area (Å²) in [5.41, 5.74) is 6.09. The SMILES string of the molecule is C#Cc1ccc(-c2ccccc2)c(-c2ccc3ccccc3c2C#C)c1. The van der Waals surface area contributed by atoms with Gasteiger partial charge in [-0.15, -0.1) is 12.8 Å². The third-order valence-electron chi connectivity index (χ3n) is 4.63. The van der Waals surface area contributed by atoms with Crippen molar-refractivity contribution in [3.8, 4) is 46.9 Å². The molecule has 4 aromatic rings. The molecule has 0 atom stereocenters. The highest BCUT2D eigenvalue weighted by Crippen LogP contribution is 2.37. The van der Waals surface area contributed by atoms with Crippen LogP contribution in [-0.2, 0) is 0 Å². The maximum atomic E-state index is 5.92. The van der Waals surface area contributed by atoms with E-state index in [0.717, 1.165) is 44.2 Å². The average molecular weight is 328 g/mol. The van der Waals surface area contributed by atoms with Crippen LogP contribution in [0.3, 0.4) is 0 Å². The third kappa shape index (κ3) is 2.65. The van der Waals surface area contributed by atoms with Gasteiger partial charge in [-0.2, -0.15) is 0 Å². The molecule has 0 radical (unpaired) electrons. The molecule has 26 heavy (non-hydrogen) atoms. The first-order chi connectivity index (χ1) is 12.8. The van der Waals surface area contributed by atoms with Gasteiger partial charge >= 0.3 is 0 Å². The zero-order valence-electron chi connectivity index (χ0n) is 14.2. The van der Waals surface area contributed by atoms with E-state index in [4.69, 9.17) is 12.8 Å². The Morgan fingerprint density at radius 2 is 1.31 bits per heavy atom. The van der Waals surface area contributed by atoms with Gasteiger partial charge in [0.05, 0.1) is 0 Å². The van der Waals surface area contributed by atoms with Crippen LogP contribution in [0, 0.1) is 24.7 Å². The summed E-state index contributed by atoms with van der Waals surface area (Å²) in [5, 5.41) is 2.22. The van der Waals surface area contributed by atoms with Crippen LogP contribution < -0.4 is 0 Å². The molecule has 0 saturated heterocycles. The standard InChI is InChI=1S/C26H16/c1-3-19-14-16-24(20-10-6-5-7-11-20)26(18-19)25-17-15-21-12-8-9-13-23(21)22(25)4-2/h1-2,5-18H. The summed E-state index contributed by atoms with van der Waals surface area (Å²) >= 11 is 0. The van der Waals surface area contributed by atoms with E-state index in [1.165, 1.54) is 0 Å². The number of terminal acetylenes is 2. The molecule has 4 aromatic carbocycles. The summed E-state index contributed by atoms with van der Waals surface area (Å²) in [4.78, 5) is 0. The molecule has 4 rings (SSSR count). The van der Waals surface area contributed by atoms with Gasteiger partial charge in [-0.25, -0.2) is 0 Å². The minimum Gasteiger partial charge on any atom is -0.115 e. The Labute approximate surface area is 154 Å². The van der Waals surface area contributed by atoms with Crippen molar-refractivity contribution in [3.05, 3.63) is 96.1 Å². The van der Waals surface area contributed by atoms with Gasteiger partial charge < -0.3 is 0 Å². The fourth-order valence-electron chi connectivity index (χ4n) is 3.38. The van der Waals surface area contributed by atoms with E-state index in [0.29, 0.717) is 0 Å². The lowest BCUT2D eigenvalue weighted by Crippen LogP contribution is -1.92. The van der Waals surface area contributed by atoms with Crippen molar-refractivity contribution in [2.24, 2.45) is 0 Å². The molecule has 0 amide bonds. The second-order valence-electron chi connectivity index (χ2n) is 6.12. The van der Waals surface area contributed by atoms with E-state index in [1.54, 1.807) is 0 Å². The fraction of sp³-hybridized carbons (Fsp3) is 0. The second-order valence-corrected chi connectivity index (χ2v) is 6.12. The summed E-state index contributed by atoms with van der Waals surface area (Å²) in [6, 6.07) is 28.8. The first kappa shape index (κ1) is 15.8. The maximum Gasteiger partial charge on any atom is 0.0399 e. The molecule has 0 aliphatic carbocycles. The smallest absolute Gasteiger partial charge is 0.0399 e. The lowest BCUT2D eigenvalue weighted by molar-refractivity contribution is 1.56. The highest BCUT2D eigenvalue weighted by molar-refractivity contribution is 5.97. The summed E-state index contributed by atoms with van der Waals surface area (Å²) < 4.78 is 0. The van der Waals surface area contributed by atoms with Crippen molar-refractivity contribution in [2.45, 2.75) is 0 Å². The fourth-order valence-corrected chi connectivity index (χ4v) is 3.38. The highest BCUT2D eigenvalue weighted by Gasteiger charge is 2.13. The maximum absolute atomic E-state index is 5.92. The monoisotopic (exact) mass is 328 g/mol. The Morgan fingerprint density at radius 1 is 0.577 bits per heavy atom. The number of benzene rings is 4. The molecule has 0 heterocycles. The first-order valence-electron chi connectivity index (χ1n) is 8.46. The Bertz CT molecular complexity index is 1180. The summed E-state index contributed by atoms with van der Waals surface area (Å²) in [7, 11) is 0. The molecule has 0 aromatic heterocycles. The number of hydrogen-bond donors (Lipinski definition) is 0. The molecule has 120 valence electrons. The van der Waals surface area contributed by atoms with Crippen molar-refractivity contribution in [3.63, 3.8) is 0 Å². The van der Waals surface area contributed by atoms with Crippen LogP contribution in [0.25, 0.3) is 33.0 Å². The molecule has 0 unspecified atom stereocenters. The van der Waals surface area contributed by atoms with Gasteiger partial charge in [0.2, 0.25) is 0 Å². The van der Waals surface area contributed by atoms with Crippen LogP contribution in [0.4, 0.5) is 0 Å². The quantitative estimate of drug-likeness (QED) is 0.388. The Balaban J connectivity index is 2.06. The number of hydrogen-bond acceptors (Lipinski definition) is 0. The molecular weight excluding hydrogens is 312 g/mol. The van der Waals surface area contributed by atoms with Crippen molar-refractivity contribution in [1.82, 2.24) is 0 Å². The Hall–Kier alpha value is -3.74. The lowest BCUT2D eigenvalue weighted by Gasteiger charge is -2.14. The average Bonchev–Trinajstić information content (AvgIpc) is 2.73. The molecule has 0 nitrogen and oxygen atoms in total. The zero-order valence-corrected chi connectivity index (χ0v) is 14.2. The molecule has 0 bridgehead atoms. The van der Waals surface area contributed by atoms with Gasteiger partial charge in [0, 0.05) is 11.1 Å². The second kappa shape index (κ2) is 6.64. The van der Waals surface area contributed by atoms with Crippen LogP contribution in [0.1, 0.15) is 11.1 Å². The molecule has 0 fully saturated rings. The first-order valence-corrected chi connectivity index (χ1v) is 8.46. The predicted molar refractivity (Wildman–Crippen MR) is 111 cm³/mol. The van der Waals surface area contributed by atoms with Gasteiger partial charge in [0.25, 0.3) is 0 Å². The van der Waals surface area contributed by atoms with Crippen molar-refractivity contribution < 1.29 is 0 Å². The van der Waals surface area contributed by atoms with E-state index >= 15 is 0 Å². The number of rotatable bonds is 2. The van der Waals surface area contributed by atoms with Crippen LogP contribution in [0.5, 0.6) is 0 Å². The van der Waals surface area contributed by atoms with Crippen molar-refractivity contribution in [2.75, 3.05) is 0 Å². The van der Waals surface area contributed by atoms with Crippen molar-refractivity contribution in [1.29, 1.82) is 0 Å². The van der Waals surface area contributed by atoms with Crippen LogP contribution in [0.2, 0.25) is 0 Å². The molecule has 0 N–H and O–H groups in total. The van der Waals surface area contributed by atoms with Crippen LogP contribution >= 0.6 is 0 Å². The lowest BCUT2D eigenvalue weighted by atomic mass is 9.88. The van der Waals surface area contributed by atoms with Gasteiger partial charge in [-0.3, -0.25) is 0 Å². The molecule has 0 aliphatic heterocycles. The van der Waals surface area contributed by atoms with Gasteiger partial charge in [-0.1, -0.05) is 84.6 Å². The molecule has 0 heteroatoms. The molecule has 0 saturated carbocycles. The van der Waals surface area contributed by atoms with E-state index in [9.17, 15) is 0 Å². The molecule has 0 spiro atoms.